The highest BCUT2D eigenvalue weighted by Gasteiger charge is 2.45. The molecular formula is C23H24BrClF2N2O5S2. The molecule has 0 radical (unpaired) electrons. The molecule has 1 fully saturated rings. The molecular weight excluding hydrogens is 602 g/mol. The van der Waals surface area contributed by atoms with Crippen molar-refractivity contribution in [2.75, 3.05) is 19.3 Å². The van der Waals surface area contributed by atoms with Crippen LogP contribution in [0.2, 0.25) is 5.02 Å². The lowest BCUT2D eigenvalue weighted by atomic mass is 9.93. The summed E-state index contributed by atoms with van der Waals surface area (Å²) in [6.07, 6.45) is 1.45. The average molecular weight is 626 g/mol. The number of nitrogens with zero attached hydrogens (tertiary/aromatic N) is 1. The fourth-order valence-electron chi connectivity index (χ4n) is 3.74. The summed E-state index contributed by atoms with van der Waals surface area (Å²) in [4.78, 5) is 12.4. The number of hydrogen-bond acceptors (Lipinski definition) is 5. The van der Waals surface area contributed by atoms with Gasteiger partial charge in [-0.05, 0) is 43.3 Å². The number of sulfone groups is 1. The first-order valence-electron chi connectivity index (χ1n) is 10.8. The van der Waals surface area contributed by atoms with Crippen LogP contribution in [0, 0.1) is 5.82 Å². The lowest BCUT2D eigenvalue weighted by molar-refractivity contribution is -0.135. The number of carbonyl (C=O) groups is 1. The van der Waals surface area contributed by atoms with E-state index in [0.717, 1.165) is 22.0 Å². The normalized spacial score (nSPS) is 17.7. The average Bonchev–Trinajstić information content (AvgIpc) is 2.77. The number of rotatable bonds is 7. The van der Waals surface area contributed by atoms with Gasteiger partial charge in [0.1, 0.15) is 5.82 Å². The Hall–Kier alpha value is -1.86. The minimum Gasteiger partial charge on any atom is -0.347 e. The number of nitrogens with one attached hydrogen (secondary N) is 1. The first-order valence-corrected chi connectivity index (χ1v) is 15.3. The van der Waals surface area contributed by atoms with Crippen molar-refractivity contribution in [3.63, 3.8) is 0 Å². The Morgan fingerprint density at radius 1 is 1.14 bits per heavy atom. The Labute approximate surface area is 222 Å². The molecule has 1 heterocycles. The highest BCUT2D eigenvalue weighted by atomic mass is 79.9. The van der Waals surface area contributed by atoms with Crippen molar-refractivity contribution >= 4 is 53.3 Å². The van der Waals surface area contributed by atoms with Crippen molar-refractivity contribution in [1.82, 2.24) is 9.62 Å². The van der Waals surface area contributed by atoms with Crippen LogP contribution < -0.4 is 5.32 Å². The molecule has 196 valence electrons. The third-order valence-corrected chi connectivity index (χ3v) is 9.09. The molecule has 0 aliphatic carbocycles. The Morgan fingerprint density at radius 2 is 1.78 bits per heavy atom. The van der Waals surface area contributed by atoms with E-state index >= 15 is 4.39 Å². The van der Waals surface area contributed by atoms with Gasteiger partial charge in [0.2, 0.25) is 10.0 Å². The van der Waals surface area contributed by atoms with Crippen LogP contribution in [0.15, 0.2) is 57.3 Å². The number of halogens is 4. The van der Waals surface area contributed by atoms with Crippen molar-refractivity contribution in [3.05, 3.63) is 63.2 Å². The maximum atomic E-state index is 15.4. The summed E-state index contributed by atoms with van der Waals surface area (Å²) < 4.78 is 80.2. The van der Waals surface area contributed by atoms with Gasteiger partial charge in [-0.3, -0.25) is 4.79 Å². The molecule has 0 spiro atoms. The maximum absolute atomic E-state index is 15.4. The maximum Gasteiger partial charge on any atom is 0.258 e. The molecule has 13 heteroatoms. The van der Waals surface area contributed by atoms with Crippen LogP contribution in [0.4, 0.5) is 8.78 Å². The van der Waals surface area contributed by atoms with E-state index in [1.165, 1.54) is 37.3 Å². The monoisotopic (exact) mass is 624 g/mol. The predicted molar refractivity (Wildman–Crippen MR) is 138 cm³/mol. The lowest BCUT2D eigenvalue weighted by Crippen LogP contribution is -2.53. The second-order valence-corrected chi connectivity index (χ2v) is 13.7. The quantitative estimate of drug-likeness (QED) is 0.490. The summed E-state index contributed by atoms with van der Waals surface area (Å²) in [5.74, 6) is -1.51. The van der Waals surface area contributed by atoms with Crippen LogP contribution in [-0.2, 0) is 24.7 Å². The van der Waals surface area contributed by atoms with Gasteiger partial charge in [0.15, 0.2) is 15.5 Å². The van der Waals surface area contributed by atoms with Crippen molar-refractivity contribution in [2.45, 2.75) is 36.4 Å². The summed E-state index contributed by atoms with van der Waals surface area (Å²) >= 11 is 9.50. The molecule has 2 aromatic rings. The molecule has 1 saturated heterocycles. The number of piperidine rings is 1. The standard InChI is InChI=1S/C23H24BrClF2N2O5S2/c1-15(7-12-35(2,31)32)28-22(30)23(27)8-10-29(11-9-23)36(33,34)21-6-3-16(24)13-19(21)18-5-4-17(26)14-20(18)25/h3-7,12-15H,8-11H2,1-2H3,(H,28,30)/b12-7-/t15-/m1/s1. The fraction of sp³-hybridized carbons (Fsp3) is 0.348. The van der Waals surface area contributed by atoms with Crippen LogP contribution in [0.5, 0.6) is 0 Å². The van der Waals surface area contributed by atoms with Crippen LogP contribution >= 0.6 is 27.5 Å². The molecule has 1 aliphatic rings. The zero-order valence-corrected chi connectivity index (χ0v) is 23.3. The smallest absolute Gasteiger partial charge is 0.258 e. The van der Waals surface area contributed by atoms with Crippen LogP contribution in [0.1, 0.15) is 19.8 Å². The van der Waals surface area contributed by atoms with E-state index in [0.29, 0.717) is 10.0 Å². The van der Waals surface area contributed by atoms with Gasteiger partial charge >= 0.3 is 0 Å². The van der Waals surface area contributed by atoms with Gasteiger partial charge in [-0.2, -0.15) is 4.31 Å². The van der Waals surface area contributed by atoms with Crippen LogP contribution in [0.25, 0.3) is 11.1 Å². The molecule has 1 N–H and O–H groups in total. The van der Waals surface area contributed by atoms with Crippen molar-refractivity contribution in [3.8, 4) is 11.1 Å². The van der Waals surface area contributed by atoms with Crippen molar-refractivity contribution in [1.29, 1.82) is 0 Å². The summed E-state index contributed by atoms with van der Waals surface area (Å²) in [6, 6.07) is 7.36. The Morgan fingerprint density at radius 3 is 2.36 bits per heavy atom. The van der Waals surface area contributed by atoms with E-state index in [4.69, 9.17) is 11.6 Å². The Bertz CT molecular complexity index is 1410. The van der Waals surface area contributed by atoms with Crippen molar-refractivity contribution in [2.24, 2.45) is 0 Å². The van der Waals surface area contributed by atoms with E-state index in [9.17, 15) is 26.0 Å². The Kier molecular flexibility index (Phi) is 8.66. The second-order valence-electron chi connectivity index (χ2n) is 8.55. The predicted octanol–water partition coefficient (Wildman–Crippen LogP) is 4.46. The zero-order valence-electron chi connectivity index (χ0n) is 19.3. The van der Waals surface area contributed by atoms with Crippen molar-refractivity contribution < 1.29 is 30.4 Å². The Balaban J connectivity index is 1.81. The SMILES string of the molecule is C[C@H](/C=C\S(C)(=O)=O)NC(=O)C1(F)CCN(S(=O)(=O)c2ccc(Br)cc2-c2ccc(F)cc2Cl)CC1. The number of carbonyl (C=O) groups excluding carboxylic acids is 1. The summed E-state index contributed by atoms with van der Waals surface area (Å²) in [6.45, 7) is 0.983. The molecule has 2 aromatic carbocycles. The summed E-state index contributed by atoms with van der Waals surface area (Å²) in [5.41, 5.74) is -1.76. The molecule has 7 nitrogen and oxygen atoms in total. The minimum absolute atomic E-state index is 0.0293. The number of hydrogen-bond donors (Lipinski definition) is 1. The third-order valence-electron chi connectivity index (χ3n) is 5.68. The molecule has 1 atom stereocenters. The molecule has 36 heavy (non-hydrogen) atoms. The minimum atomic E-state index is -4.12. The molecule has 0 unspecified atom stereocenters. The fourth-order valence-corrected chi connectivity index (χ4v) is 6.52. The van der Waals surface area contributed by atoms with Gasteiger partial charge in [-0.1, -0.05) is 33.6 Å². The number of amides is 1. The molecule has 1 amide bonds. The lowest BCUT2D eigenvalue weighted by Gasteiger charge is -2.35. The first kappa shape index (κ1) is 28.7. The highest BCUT2D eigenvalue weighted by Crippen LogP contribution is 2.38. The van der Waals surface area contributed by atoms with Gasteiger partial charge in [-0.15, -0.1) is 0 Å². The van der Waals surface area contributed by atoms with Crippen LogP contribution in [-0.4, -0.2) is 58.1 Å². The number of alkyl halides is 1. The second kappa shape index (κ2) is 10.9. The zero-order chi connectivity index (χ0) is 26.9. The van der Waals surface area contributed by atoms with E-state index in [1.54, 1.807) is 6.07 Å². The number of sulfonamides is 1. The first-order chi connectivity index (χ1) is 16.6. The van der Waals surface area contributed by atoms with E-state index in [-0.39, 0.29) is 41.4 Å². The molecule has 0 bridgehead atoms. The molecule has 3 rings (SSSR count). The molecule has 0 aromatic heterocycles. The summed E-state index contributed by atoms with van der Waals surface area (Å²) in [7, 11) is -7.53. The van der Waals surface area contributed by atoms with Gasteiger partial charge < -0.3 is 5.32 Å². The van der Waals surface area contributed by atoms with Gasteiger partial charge in [0.25, 0.3) is 5.91 Å². The van der Waals surface area contributed by atoms with Gasteiger partial charge in [0, 0.05) is 59.2 Å². The largest absolute Gasteiger partial charge is 0.347 e. The van der Waals surface area contributed by atoms with Gasteiger partial charge in [0.05, 0.1) is 9.92 Å². The van der Waals surface area contributed by atoms with Gasteiger partial charge in [-0.25, -0.2) is 25.6 Å². The van der Waals surface area contributed by atoms with E-state index in [2.05, 4.69) is 21.2 Å². The highest BCUT2D eigenvalue weighted by molar-refractivity contribution is 9.10. The van der Waals surface area contributed by atoms with E-state index in [1.807, 2.05) is 0 Å². The molecule has 1 aliphatic heterocycles. The number of benzene rings is 2. The van der Waals surface area contributed by atoms with Crippen LogP contribution in [0.3, 0.4) is 0 Å². The molecule has 0 saturated carbocycles. The third kappa shape index (κ3) is 6.71. The topological polar surface area (TPSA) is 101 Å². The van der Waals surface area contributed by atoms with E-state index < -0.39 is 43.3 Å². The summed E-state index contributed by atoms with van der Waals surface area (Å²) in [5, 5.41) is 3.36.